The number of sulfonamides is 1. The summed E-state index contributed by atoms with van der Waals surface area (Å²) >= 11 is 0. The summed E-state index contributed by atoms with van der Waals surface area (Å²) in [5.41, 5.74) is 2.07. The molecule has 1 N–H and O–H groups in total. The van der Waals surface area contributed by atoms with Gasteiger partial charge in [-0.05, 0) is 66.3 Å². The highest BCUT2D eigenvalue weighted by atomic mass is 32.2. The predicted molar refractivity (Wildman–Crippen MR) is 139 cm³/mol. The van der Waals surface area contributed by atoms with E-state index in [-0.39, 0.29) is 17.4 Å². The molecule has 1 unspecified atom stereocenters. The summed E-state index contributed by atoms with van der Waals surface area (Å²) in [6, 6.07) is 11.7. The molecule has 1 amide bonds. The molecule has 36 heavy (non-hydrogen) atoms. The first-order chi connectivity index (χ1) is 17.0. The van der Waals surface area contributed by atoms with E-state index in [1.54, 1.807) is 12.1 Å². The van der Waals surface area contributed by atoms with Gasteiger partial charge >= 0.3 is 0 Å². The fraction of sp³-hybridized carbons (Fsp3) is 0.536. The Morgan fingerprint density at radius 1 is 1.11 bits per heavy atom. The Balaban J connectivity index is 1.29. The van der Waals surface area contributed by atoms with Crippen molar-refractivity contribution in [2.75, 3.05) is 18.9 Å². The second-order valence-corrected chi connectivity index (χ2v) is 13.0. The molecular weight excluding hydrogens is 479 g/mol. The summed E-state index contributed by atoms with van der Waals surface area (Å²) in [5, 5.41) is 0. The van der Waals surface area contributed by atoms with E-state index in [1.165, 1.54) is 6.07 Å². The summed E-state index contributed by atoms with van der Waals surface area (Å²) in [6.07, 6.45) is 4.16. The molecular formula is C28H37FN2O4S. The smallest absolute Gasteiger partial charge is 0.254 e. The van der Waals surface area contributed by atoms with Crippen LogP contribution in [-0.4, -0.2) is 38.1 Å². The second-order valence-electron chi connectivity index (χ2n) is 11.1. The monoisotopic (exact) mass is 516 g/mol. The number of nitrogens with one attached hydrogen (secondary N) is 1. The molecule has 0 bridgehead atoms. The van der Waals surface area contributed by atoms with Crippen molar-refractivity contribution in [2.45, 2.75) is 65.5 Å². The number of hydrogen-bond acceptors (Lipinski definition) is 4. The lowest BCUT2D eigenvalue weighted by atomic mass is 9.83. The van der Waals surface area contributed by atoms with Crippen LogP contribution in [0.4, 0.5) is 4.39 Å². The maximum absolute atomic E-state index is 14.3. The maximum Gasteiger partial charge on any atom is 0.254 e. The molecule has 4 rings (SSSR count). The number of halogens is 1. The number of ether oxygens (including phenoxy) is 1. The lowest BCUT2D eigenvalue weighted by Gasteiger charge is -2.32. The van der Waals surface area contributed by atoms with Gasteiger partial charge in [0.1, 0.15) is 0 Å². The van der Waals surface area contributed by atoms with Crippen LogP contribution in [0, 0.1) is 17.2 Å². The topological polar surface area (TPSA) is 75.7 Å². The average Bonchev–Trinajstić information content (AvgIpc) is 3.59. The van der Waals surface area contributed by atoms with E-state index >= 15 is 0 Å². The van der Waals surface area contributed by atoms with Crippen molar-refractivity contribution in [3.63, 3.8) is 0 Å². The summed E-state index contributed by atoms with van der Waals surface area (Å²) in [4.78, 5) is 14.3. The van der Waals surface area contributed by atoms with Crippen LogP contribution in [0.15, 0.2) is 42.5 Å². The fourth-order valence-corrected chi connectivity index (χ4v) is 6.10. The molecule has 1 aliphatic carbocycles. The highest BCUT2D eigenvalue weighted by molar-refractivity contribution is 7.89. The Morgan fingerprint density at radius 3 is 2.56 bits per heavy atom. The second kappa shape index (κ2) is 10.9. The molecule has 196 valence electrons. The third kappa shape index (κ3) is 6.85. The minimum Gasteiger partial charge on any atom is -0.490 e. The van der Waals surface area contributed by atoms with Gasteiger partial charge in [0.05, 0.1) is 18.4 Å². The highest BCUT2D eigenvalue weighted by Crippen LogP contribution is 2.36. The quantitative estimate of drug-likeness (QED) is 0.381. The predicted octanol–water partition coefficient (Wildman–Crippen LogP) is 5.45. The van der Waals surface area contributed by atoms with Gasteiger partial charge in [-0.25, -0.2) is 17.5 Å². The van der Waals surface area contributed by atoms with E-state index in [4.69, 9.17) is 4.74 Å². The van der Waals surface area contributed by atoms with Crippen molar-refractivity contribution in [3.8, 4) is 5.75 Å². The molecule has 0 spiro atoms. The maximum atomic E-state index is 14.3. The standard InChI is InChI=1S/C28H37FN2O4S/c1-28(2,3)26(21-13-14-24(29)25(17-21)35-19-20-11-12-20)30-36(33,34)16-8-4-7-15-31-18-22-9-5-6-10-23(22)27(31)32/h5-6,9-10,13-14,17,20,26,30H,4,7-8,11-12,15-16,18-19H2,1-3H3. The van der Waals surface area contributed by atoms with Crippen LogP contribution < -0.4 is 9.46 Å². The van der Waals surface area contributed by atoms with Crippen LogP contribution in [0.3, 0.4) is 0 Å². The Bertz CT molecular complexity index is 1190. The van der Waals surface area contributed by atoms with Gasteiger partial charge in [-0.15, -0.1) is 0 Å². The molecule has 2 aromatic carbocycles. The van der Waals surface area contributed by atoms with E-state index in [1.807, 2.05) is 49.9 Å². The SMILES string of the molecule is CC(C)(C)C(NS(=O)(=O)CCCCCN1Cc2ccccc2C1=O)c1ccc(F)c(OCC2CC2)c1. The molecule has 6 nitrogen and oxygen atoms in total. The van der Waals surface area contributed by atoms with Gasteiger partial charge in [-0.3, -0.25) is 4.79 Å². The first kappa shape index (κ1) is 26.6. The van der Waals surface area contributed by atoms with Crippen LogP contribution in [-0.2, 0) is 16.6 Å². The molecule has 1 atom stereocenters. The lowest BCUT2D eigenvalue weighted by molar-refractivity contribution is 0.0775. The molecule has 8 heteroatoms. The fourth-order valence-electron chi connectivity index (χ4n) is 4.55. The summed E-state index contributed by atoms with van der Waals surface area (Å²) in [7, 11) is -3.57. The summed E-state index contributed by atoms with van der Waals surface area (Å²) in [5.74, 6) is 0.275. The van der Waals surface area contributed by atoms with Crippen molar-refractivity contribution in [2.24, 2.45) is 11.3 Å². The summed E-state index contributed by atoms with van der Waals surface area (Å²) < 4.78 is 48.8. The van der Waals surface area contributed by atoms with E-state index in [9.17, 15) is 17.6 Å². The number of benzene rings is 2. The molecule has 2 aromatic rings. The van der Waals surface area contributed by atoms with Gasteiger partial charge in [0, 0.05) is 18.7 Å². The van der Waals surface area contributed by atoms with Crippen molar-refractivity contribution in [1.29, 1.82) is 0 Å². The van der Waals surface area contributed by atoms with E-state index in [0.717, 1.165) is 30.4 Å². The minimum absolute atomic E-state index is 0.0000161. The van der Waals surface area contributed by atoms with Crippen molar-refractivity contribution < 1.29 is 22.3 Å². The number of amides is 1. The van der Waals surface area contributed by atoms with Gasteiger partial charge in [-0.2, -0.15) is 0 Å². The lowest BCUT2D eigenvalue weighted by Crippen LogP contribution is -2.38. The molecule has 1 heterocycles. The van der Waals surface area contributed by atoms with Gasteiger partial charge in [-0.1, -0.05) is 51.5 Å². The number of rotatable bonds is 12. The first-order valence-corrected chi connectivity index (χ1v) is 14.5. The molecule has 0 aromatic heterocycles. The zero-order valence-corrected chi connectivity index (χ0v) is 22.2. The van der Waals surface area contributed by atoms with Crippen LogP contribution in [0.5, 0.6) is 5.75 Å². The Morgan fingerprint density at radius 2 is 1.86 bits per heavy atom. The van der Waals surface area contributed by atoms with Crippen LogP contribution in [0.2, 0.25) is 0 Å². The van der Waals surface area contributed by atoms with Crippen LogP contribution in [0.1, 0.15) is 80.4 Å². The first-order valence-electron chi connectivity index (χ1n) is 12.8. The number of carbonyl (C=O) groups is 1. The van der Waals surface area contributed by atoms with E-state index in [2.05, 4.69) is 4.72 Å². The number of fused-ring (bicyclic) bond motifs is 1. The van der Waals surface area contributed by atoms with Gasteiger partial charge in [0.2, 0.25) is 10.0 Å². The third-order valence-electron chi connectivity index (χ3n) is 6.86. The molecule has 1 fully saturated rings. The molecule has 0 saturated heterocycles. The van der Waals surface area contributed by atoms with Gasteiger partial charge < -0.3 is 9.64 Å². The summed E-state index contributed by atoms with van der Waals surface area (Å²) in [6.45, 7) is 7.59. The van der Waals surface area contributed by atoms with E-state index < -0.39 is 27.3 Å². The molecule has 0 radical (unpaired) electrons. The Hall–Kier alpha value is -2.45. The highest BCUT2D eigenvalue weighted by Gasteiger charge is 2.31. The third-order valence-corrected chi connectivity index (χ3v) is 8.28. The van der Waals surface area contributed by atoms with Gasteiger partial charge in [0.15, 0.2) is 11.6 Å². The van der Waals surface area contributed by atoms with E-state index in [0.29, 0.717) is 44.0 Å². The number of unbranched alkanes of at least 4 members (excludes halogenated alkanes) is 2. The van der Waals surface area contributed by atoms with Crippen molar-refractivity contribution in [1.82, 2.24) is 9.62 Å². The molecule has 1 saturated carbocycles. The Kier molecular flexibility index (Phi) is 8.05. The van der Waals surface area contributed by atoms with Crippen LogP contribution >= 0.6 is 0 Å². The molecule has 2 aliphatic rings. The van der Waals surface area contributed by atoms with Crippen molar-refractivity contribution >= 4 is 15.9 Å². The minimum atomic E-state index is -3.57. The van der Waals surface area contributed by atoms with Gasteiger partial charge in [0.25, 0.3) is 5.91 Å². The number of hydrogen-bond donors (Lipinski definition) is 1. The van der Waals surface area contributed by atoms with Crippen molar-refractivity contribution in [3.05, 3.63) is 65.0 Å². The number of carbonyl (C=O) groups excluding carboxylic acids is 1. The largest absolute Gasteiger partial charge is 0.490 e. The molecule has 1 aliphatic heterocycles. The Labute approximate surface area is 214 Å². The normalized spacial score (nSPS) is 16.8. The zero-order valence-electron chi connectivity index (χ0n) is 21.4. The zero-order chi connectivity index (χ0) is 25.9. The van der Waals surface area contributed by atoms with Crippen LogP contribution in [0.25, 0.3) is 0 Å². The average molecular weight is 517 g/mol. The number of nitrogens with zero attached hydrogens (tertiary/aromatic N) is 1.